The smallest absolute Gasteiger partial charge is 0.268 e. The molecule has 1 aromatic heterocycles. The summed E-state index contributed by atoms with van der Waals surface area (Å²) in [4.78, 5) is 26.4. The highest BCUT2D eigenvalue weighted by Gasteiger charge is 2.34. The molecular formula is C18H30ClN5O3. The molecule has 1 unspecified atom stereocenters. The van der Waals surface area contributed by atoms with Crippen molar-refractivity contribution in [1.82, 2.24) is 20.4 Å². The Morgan fingerprint density at radius 2 is 2.19 bits per heavy atom. The summed E-state index contributed by atoms with van der Waals surface area (Å²) in [6.45, 7) is 6.50. The molecule has 2 aliphatic rings. The number of amides is 1. The van der Waals surface area contributed by atoms with E-state index < -0.39 is 0 Å². The highest BCUT2D eigenvalue weighted by atomic mass is 35.5. The number of hydrogen-bond donors (Lipinski definition) is 2. The van der Waals surface area contributed by atoms with E-state index >= 15 is 0 Å². The molecule has 3 rings (SSSR count). The number of rotatable bonds is 5. The predicted octanol–water partition coefficient (Wildman–Crippen LogP) is 0.303. The van der Waals surface area contributed by atoms with Gasteiger partial charge in [0.05, 0.1) is 24.6 Å². The summed E-state index contributed by atoms with van der Waals surface area (Å²) in [6, 6.07) is 1.61. The van der Waals surface area contributed by atoms with E-state index in [1.54, 1.807) is 19.3 Å². The van der Waals surface area contributed by atoms with E-state index in [0.29, 0.717) is 19.7 Å². The van der Waals surface area contributed by atoms with E-state index in [2.05, 4.69) is 20.6 Å². The Labute approximate surface area is 166 Å². The molecule has 8 nitrogen and oxygen atoms in total. The van der Waals surface area contributed by atoms with Crippen LogP contribution in [0.2, 0.25) is 0 Å². The van der Waals surface area contributed by atoms with Gasteiger partial charge in [-0.1, -0.05) is 6.92 Å². The molecule has 2 aliphatic heterocycles. The zero-order chi connectivity index (χ0) is 18.6. The Bertz CT molecular complexity index is 690. The number of anilines is 1. The third kappa shape index (κ3) is 5.43. The van der Waals surface area contributed by atoms with Crippen LogP contribution >= 0.6 is 12.4 Å². The minimum Gasteiger partial charge on any atom is -0.374 e. The summed E-state index contributed by atoms with van der Waals surface area (Å²) in [5, 5.41) is 10.5. The zero-order valence-electron chi connectivity index (χ0n) is 16.1. The molecule has 2 saturated heterocycles. The van der Waals surface area contributed by atoms with Crippen LogP contribution < -0.4 is 21.1 Å². The average Bonchev–Trinajstić information content (AvgIpc) is 2.65. The fourth-order valence-electron chi connectivity index (χ4n) is 3.53. The first-order chi connectivity index (χ1) is 12.5. The van der Waals surface area contributed by atoms with Crippen LogP contribution in [0.4, 0.5) is 5.69 Å². The maximum Gasteiger partial charge on any atom is 0.268 e. The standard InChI is InChI=1S/C18H29N5O3.ClH/c1-18(4-7-19-8-5-18)17(25)20-6-3-15-13-23(9-10-26-15)14-11-16(24)22(2)21-12-14;/h11-12,15,19H,3-10,13H2,1-2H3,(H,20,25);1H. The van der Waals surface area contributed by atoms with Gasteiger partial charge in [-0.15, -0.1) is 12.4 Å². The molecule has 1 amide bonds. The minimum atomic E-state index is -0.263. The molecule has 3 heterocycles. The second-order valence-corrected chi connectivity index (χ2v) is 7.47. The first-order valence-corrected chi connectivity index (χ1v) is 9.37. The zero-order valence-corrected chi connectivity index (χ0v) is 16.9. The molecule has 2 N–H and O–H groups in total. The van der Waals surface area contributed by atoms with Crippen molar-refractivity contribution in [3.8, 4) is 0 Å². The Morgan fingerprint density at radius 1 is 1.44 bits per heavy atom. The van der Waals surface area contributed by atoms with E-state index in [1.165, 1.54) is 4.68 Å². The number of aromatic nitrogens is 2. The quantitative estimate of drug-likeness (QED) is 0.740. The van der Waals surface area contributed by atoms with Crippen molar-refractivity contribution in [3.05, 3.63) is 22.6 Å². The Hall–Kier alpha value is -1.64. The number of carbonyl (C=O) groups is 1. The van der Waals surface area contributed by atoms with E-state index in [9.17, 15) is 9.59 Å². The number of carbonyl (C=O) groups excluding carboxylic acids is 1. The Balaban J connectivity index is 0.00000261. The van der Waals surface area contributed by atoms with Crippen LogP contribution in [0, 0.1) is 5.41 Å². The van der Waals surface area contributed by atoms with Gasteiger partial charge in [-0.2, -0.15) is 5.10 Å². The SMILES string of the molecule is Cl.Cn1ncc(N2CCOC(CCNC(=O)C3(C)CCNCC3)C2)cc1=O. The molecule has 1 aromatic rings. The van der Waals surface area contributed by atoms with Gasteiger partial charge in [0.25, 0.3) is 5.56 Å². The first-order valence-electron chi connectivity index (χ1n) is 9.37. The number of nitrogens with zero attached hydrogens (tertiary/aromatic N) is 3. The molecule has 2 fully saturated rings. The van der Waals surface area contributed by atoms with Gasteiger partial charge >= 0.3 is 0 Å². The van der Waals surface area contributed by atoms with Crippen molar-refractivity contribution in [3.63, 3.8) is 0 Å². The van der Waals surface area contributed by atoms with E-state index in [4.69, 9.17) is 4.74 Å². The van der Waals surface area contributed by atoms with E-state index in [1.807, 2.05) is 6.92 Å². The first kappa shape index (κ1) is 21.7. The third-order valence-electron chi connectivity index (χ3n) is 5.46. The van der Waals surface area contributed by atoms with Crippen LogP contribution in [0.5, 0.6) is 0 Å². The number of ether oxygens (including phenoxy) is 1. The van der Waals surface area contributed by atoms with Gasteiger partial charge in [0, 0.05) is 38.2 Å². The normalized spacial score (nSPS) is 22.0. The van der Waals surface area contributed by atoms with Crippen LogP contribution in [0.3, 0.4) is 0 Å². The number of piperidine rings is 1. The van der Waals surface area contributed by atoms with E-state index in [-0.39, 0.29) is 35.4 Å². The number of morpholine rings is 1. The fourth-order valence-corrected chi connectivity index (χ4v) is 3.53. The van der Waals surface area contributed by atoms with Crippen molar-refractivity contribution in [1.29, 1.82) is 0 Å². The summed E-state index contributed by atoms with van der Waals surface area (Å²) in [7, 11) is 1.64. The van der Waals surface area contributed by atoms with Crippen molar-refractivity contribution in [2.45, 2.75) is 32.3 Å². The summed E-state index contributed by atoms with van der Waals surface area (Å²) < 4.78 is 7.15. The number of nitrogens with one attached hydrogen (secondary N) is 2. The van der Waals surface area contributed by atoms with Gasteiger partial charge in [0.1, 0.15) is 0 Å². The highest BCUT2D eigenvalue weighted by Crippen LogP contribution is 2.27. The summed E-state index contributed by atoms with van der Waals surface area (Å²) in [5.74, 6) is 0.141. The monoisotopic (exact) mass is 399 g/mol. The van der Waals surface area contributed by atoms with Crippen molar-refractivity contribution < 1.29 is 9.53 Å². The highest BCUT2D eigenvalue weighted by molar-refractivity contribution is 5.85. The van der Waals surface area contributed by atoms with Crippen molar-refractivity contribution >= 4 is 24.0 Å². The molecule has 0 bridgehead atoms. The molecule has 0 radical (unpaired) electrons. The fraction of sp³-hybridized carbons (Fsp3) is 0.722. The van der Waals surface area contributed by atoms with Crippen LogP contribution in [0.25, 0.3) is 0 Å². The van der Waals surface area contributed by atoms with Gasteiger partial charge in [0.15, 0.2) is 0 Å². The lowest BCUT2D eigenvalue weighted by molar-refractivity contribution is -0.131. The van der Waals surface area contributed by atoms with Gasteiger partial charge in [-0.05, 0) is 32.4 Å². The van der Waals surface area contributed by atoms with Gasteiger partial charge in [0.2, 0.25) is 5.91 Å². The molecule has 0 aliphatic carbocycles. The van der Waals surface area contributed by atoms with Crippen LogP contribution in [-0.4, -0.2) is 61.1 Å². The average molecular weight is 400 g/mol. The lowest BCUT2D eigenvalue weighted by atomic mass is 9.80. The topological polar surface area (TPSA) is 88.5 Å². The summed E-state index contributed by atoms with van der Waals surface area (Å²) >= 11 is 0. The maximum absolute atomic E-state index is 12.5. The largest absolute Gasteiger partial charge is 0.374 e. The van der Waals surface area contributed by atoms with Gasteiger partial charge < -0.3 is 20.3 Å². The van der Waals surface area contributed by atoms with Crippen LogP contribution in [0.1, 0.15) is 26.2 Å². The second-order valence-electron chi connectivity index (χ2n) is 7.47. The van der Waals surface area contributed by atoms with Crippen LogP contribution in [0.15, 0.2) is 17.1 Å². The maximum atomic E-state index is 12.5. The predicted molar refractivity (Wildman–Crippen MR) is 107 cm³/mol. The Kier molecular flexibility index (Phi) is 7.64. The molecule has 0 spiro atoms. The van der Waals surface area contributed by atoms with E-state index in [0.717, 1.165) is 44.6 Å². The number of hydrogen-bond acceptors (Lipinski definition) is 6. The molecular weight excluding hydrogens is 370 g/mol. The molecule has 9 heteroatoms. The Morgan fingerprint density at radius 3 is 2.89 bits per heavy atom. The summed E-state index contributed by atoms with van der Waals surface area (Å²) in [5.41, 5.74) is 0.446. The van der Waals surface area contributed by atoms with Gasteiger partial charge in [-0.3, -0.25) is 9.59 Å². The number of halogens is 1. The lowest BCUT2D eigenvalue weighted by Crippen LogP contribution is -2.47. The van der Waals surface area contributed by atoms with Gasteiger partial charge in [-0.25, -0.2) is 4.68 Å². The molecule has 152 valence electrons. The third-order valence-corrected chi connectivity index (χ3v) is 5.46. The lowest BCUT2D eigenvalue weighted by Gasteiger charge is -2.35. The van der Waals surface area contributed by atoms with Crippen LogP contribution in [-0.2, 0) is 16.6 Å². The van der Waals surface area contributed by atoms with Crippen molar-refractivity contribution in [2.75, 3.05) is 44.2 Å². The summed E-state index contributed by atoms with van der Waals surface area (Å²) in [6.07, 6.45) is 4.26. The molecule has 0 saturated carbocycles. The number of aryl methyl sites for hydroxylation is 1. The van der Waals surface area contributed by atoms with Crippen molar-refractivity contribution in [2.24, 2.45) is 12.5 Å². The molecule has 0 aromatic carbocycles. The minimum absolute atomic E-state index is 0. The molecule has 1 atom stereocenters. The molecule has 27 heavy (non-hydrogen) atoms. The second kappa shape index (κ2) is 9.52.